The molecule has 0 aliphatic heterocycles. The van der Waals surface area contributed by atoms with E-state index in [1.54, 1.807) is 18.4 Å². The molecule has 0 saturated heterocycles. The molecule has 3 heterocycles. The van der Waals surface area contributed by atoms with Crippen LogP contribution in [0.2, 0.25) is 0 Å². The third kappa shape index (κ3) is 3.13. The second kappa shape index (κ2) is 6.44. The zero-order chi connectivity index (χ0) is 17.2. The molecule has 0 spiro atoms. The van der Waals surface area contributed by atoms with Gasteiger partial charge in [0.25, 0.3) is 0 Å². The third-order valence-electron chi connectivity index (χ3n) is 3.51. The average molecular weight is 354 g/mol. The van der Waals surface area contributed by atoms with E-state index in [-0.39, 0.29) is 0 Å². The van der Waals surface area contributed by atoms with Gasteiger partial charge in [-0.25, -0.2) is 4.68 Å². The van der Waals surface area contributed by atoms with Crippen molar-refractivity contribution in [2.75, 3.05) is 5.84 Å². The largest absolute Gasteiger partial charge is 0.461 e. The SMILES string of the molecule is Cc1ccc(-c2noc(CSc3nnc(-c4ccco4)n3N)n2)cc1. The number of thioether (sulfide) groups is 1. The van der Waals surface area contributed by atoms with Crippen LogP contribution in [0, 0.1) is 6.92 Å². The molecule has 9 heteroatoms. The Kier molecular flexibility index (Phi) is 3.98. The fraction of sp³-hybridized carbons (Fsp3) is 0.125. The lowest BCUT2D eigenvalue weighted by Gasteiger charge is -1.99. The van der Waals surface area contributed by atoms with Gasteiger partial charge in [0.2, 0.25) is 22.7 Å². The summed E-state index contributed by atoms with van der Waals surface area (Å²) in [6.07, 6.45) is 1.56. The number of rotatable bonds is 5. The van der Waals surface area contributed by atoms with Crippen molar-refractivity contribution < 1.29 is 8.94 Å². The molecule has 0 aliphatic carbocycles. The Hall–Kier alpha value is -3.07. The first kappa shape index (κ1) is 15.5. The predicted octanol–water partition coefficient (Wildman–Crippen LogP) is 2.90. The molecule has 0 atom stereocenters. The maximum absolute atomic E-state index is 6.01. The van der Waals surface area contributed by atoms with Crippen LogP contribution in [-0.4, -0.2) is 25.0 Å². The van der Waals surface area contributed by atoms with Crippen LogP contribution in [0.4, 0.5) is 0 Å². The van der Waals surface area contributed by atoms with E-state index in [1.807, 2.05) is 31.2 Å². The summed E-state index contributed by atoms with van der Waals surface area (Å²) < 4.78 is 12.0. The van der Waals surface area contributed by atoms with Gasteiger partial charge in [-0.15, -0.1) is 10.2 Å². The number of nitrogen functional groups attached to an aromatic ring is 1. The van der Waals surface area contributed by atoms with Crippen molar-refractivity contribution in [3.8, 4) is 23.0 Å². The zero-order valence-corrected chi connectivity index (χ0v) is 14.1. The Morgan fingerprint density at radius 1 is 1.16 bits per heavy atom. The fourth-order valence-electron chi connectivity index (χ4n) is 2.21. The van der Waals surface area contributed by atoms with E-state index in [9.17, 15) is 0 Å². The lowest BCUT2D eigenvalue weighted by molar-refractivity contribution is 0.391. The van der Waals surface area contributed by atoms with Gasteiger partial charge in [-0.2, -0.15) is 4.98 Å². The van der Waals surface area contributed by atoms with Crippen LogP contribution in [0.5, 0.6) is 0 Å². The number of hydrogen-bond donors (Lipinski definition) is 1. The van der Waals surface area contributed by atoms with Crippen LogP contribution in [0.3, 0.4) is 0 Å². The van der Waals surface area contributed by atoms with Gasteiger partial charge in [0.1, 0.15) is 0 Å². The summed E-state index contributed by atoms with van der Waals surface area (Å²) in [6.45, 7) is 2.03. The summed E-state index contributed by atoms with van der Waals surface area (Å²) in [4.78, 5) is 4.40. The lowest BCUT2D eigenvalue weighted by atomic mass is 10.1. The Morgan fingerprint density at radius 2 is 2.00 bits per heavy atom. The maximum atomic E-state index is 6.01. The predicted molar refractivity (Wildman–Crippen MR) is 91.9 cm³/mol. The van der Waals surface area contributed by atoms with Gasteiger partial charge < -0.3 is 14.8 Å². The molecule has 1 aromatic carbocycles. The van der Waals surface area contributed by atoms with Crippen LogP contribution in [0.25, 0.3) is 23.0 Å². The second-order valence-electron chi connectivity index (χ2n) is 5.32. The standard InChI is InChI=1S/C16H14N6O2S/c1-10-4-6-11(7-5-10)14-18-13(24-21-14)9-25-16-20-19-15(22(16)17)12-3-2-8-23-12/h2-8H,9,17H2,1H3. The summed E-state index contributed by atoms with van der Waals surface area (Å²) in [5, 5.41) is 12.6. The molecule has 8 nitrogen and oxygen atoms in total. The molecule has 126 valence electrons. The monoisotopic (exact) mass is 354 g/mol. The highest BCUT2D eigenvalue weighted by Gasteiger charge is 2.16. The molecular formula is C16H14N6O2S. The molecule has 0 bridgehead atoms. The van der Waals surface area contributed by atoms with E-state index in [2.05, 4.69) is 20.3 Å². The number of nitrogens with two attached hydrogens (primary N) is 1. The molecule has 0 amide bonds. The fourth-order valence-corrected chi connectivity index (χ4v) is 2.90. The number of aromatic nitrogens is 5. The highest BCUT2D eigenvalue weighted by molar-refractivity contribution is 7.98. The van der Waals surface area contributed by atoms with Gasteiger partial charge in [-0.3, -0.25) is 0 Å². The Morgan fingerprint density at radius 3 is 2.76 bits per heavy atom. The molecule has 4 rings (SSSR count). The molecule has 25 heavy (non-hydrogen) atoms. The van der Waals surface area contributed by atoms with Crippen molar-refractivity contribution in [1.82, 2.24) is 25.0 Å². The summed E-state index contributed by atoms with van der Waals surface area (Å²) in [7, 11) is 0. The van der Waals surface area contributed by atoms with Crippen molar-refractivity contribution >= 4 is 11.8 Å². The van der Waals surface area contributed by atoms with E-state index in [0.29, 0.717) is 34.2 Å². The Balaban J connectivity index is 1.46. The minimum absolute atomic E-state index is 0.437. The topological polar surface area (TPSA) is 109 Å². The average Bonchev–Trinajstić information content (AvgIpc) is 3.34. The molecule has 2 N–H and O–H groups in total. The van der Waals surface area contributed by atoms with Crippen molar-refractivity contribution in [1.29, 1.82) is 0 Å². The minimum Gasteiger partial charge on any atom is -0.461 e. The number of hydrogen-bond acceptors (Lipinski definition) is 8. The number of furan rings is 1. The van der Waals surface area contributed by atoms with Crippen LogP contribution >= 0.6 is 11.8 Å². The van der Waals surface area contributed by atoms with Gasteiger partial charge in [0.05, 0.1) is 12.0 Å². The molecule has 0 fully saturated rings. The summed E-state index contributed by atoms with van der Waals surface area (Å²) >= 11 is 1.36. The number of benzene rings is 1. The highest BCUT2D eigenvalue weighted by atomic mass is 32.2. The maximum Gasteiger partial charge on any atom is 0.237 e. The van der Waals surface area contributed by atoms with E-state index in [1.165, 1.54) is 22.0 Å². The summed E-state index contributed by atoms with van der Waals surface area (Å²) in [5.41, 5.74) is 2.09. The molecule has 0 unspecified atom stereocenters. The van der Waals surface area contributed by atoms with Gasteiger partial charge in [-0.05, 0) is 19.1 Å². The molecule has 4 aromatic rings. The Labute approximate surface area is 147 Å². The van der Waals surface area contributed by atoms with Gasteiger partial charge in [0, 0.05) is 5.56 Å². The van der Waals surface area contributed by atoms with E-state index >= 15 is 0 Å². The minimum atomic E-state index is 0.437. The van der Waals surface area contributed by atoms with E-state index < -0.39 is 0 Å². The second-order valence-corrected chi connectivity index (χ2v) is 6.26. The van der Waals surface area contributed by atoms with Gasteiger partial charge in [0.15, 0.2) is 5.76 Å². The van der Waals surface area contributed by atoms with E-state index in [4.69, 9.17) is 14.8 Å². The van der Waals surface area contributed by atoms with Gasteiger partial charge >= 0.3 is 0 Å². The van der Waals surface area contributed by atoms with Crippen LogP contribution in [0.1, 0.15) is 11.5 Å². The number of nitrogens with zero attached hydrogens (tertiary/aromatic N) is 5. The number of aryl methyl sites for hydroxylation is 1. The van der Waals surface area contributed by atoms with E-state index in [0.717, 1.165) is 5.56 Å². The zero-order valence-electron chi connectivity index (χ0n) is 13.3. The third-order valence-corrected chi connectivity index (χ3v) is 4.44. The first-order valence-corrected chi connectivity index (χ1v) is 8.46. The highest BCUT2D eigenvalue weighted by Crippen LogP contribution is 2.25. The van der Waals surface area contributed by atoms with Crippen molar-refractivity contribution in [3.63, 3.8) is 0 Å². The summed E-state index contributed by atoms with van der Waals surface area (Å²) in [6, 6.07) is 11.5. The van der Waals surface area contributed by atoms with Gasteiger partial charge in [-0.1, -0.05) is 46.7 Å². The van der Waals surface area contributed by atoms with Crippen molar-refractivity contribution in [2.24, 2.45) is 0 Å². The first-order chi connectivity index (χ1) is 12.2. The van der Waals surface area contributed by atoms with Crippen LogP contribution in [0.15, 0.2) is 56.8 Å². The quantitative estimate of drug-likeness (QED) is 0.430. The molecule has 0 aliphatic rings. The summed E-state index contributed by atoms with van der Waals surface area (Å²) in [5.74, 6) is 8.51. The van der Waals surface area contributed by atoms with Crippen molar-refractivity contribution in [2.45, 2.75) is 17.8 Å². The molecular weight excluding hydrogens is 340 g/mol. The van der Waals surface area contributed by atoms with Crippen LogP contribution in [-0.2, 0) is 5.75 Å². The first-order valence-electron chi connectivity index (χ1n) is 7.47. The molecule has 0 saturated carbocycles. The normalized spacial score (nSPS) is 11.1. The lowest BCUT2D eigenvalue weighted by Crippen LogP contribution is -2.11. The molecule has 0 radical (unpaired) electrons. The van der Waals surface area contributed by atoms with Crippen LogP contribution < -0.4 is 5.84 Å². The smallest absolute Gasteiger partial charge is 0.237 e. The van der Waals surface area contributed by atoms with Crippen molar-refractivity contribution in [3.05, 3.63) is 54.1 Å². The molecule has 3 aromatic heterocycles. The Bertz CT molecular complexity index is 975.